The first-order valence-corrected chi connectivity index (χ1v) is 6.53. The first kappa shape index (κ1) is 12.2. The normalized spacial score (nSPS) is 26.0. The summed E-state index contributed by atoms with van der Waals surface area (Å²) in [5.41, 5.74) is 1.40. The molecule has 1 atom stereocenters. The molecule has 1 saturated heterocycles. The van der Waals surface area contributed by atoms with Gasteiger partial charge < -0.3 is 15.5 Å². The fourth-order valence-corrected chi connectivity index (χ4v) is 2.74. The second kappa shape index (κ2) is 5.41. The van der Waals surface area contributed by atoms with Crippen molar-refractivity contribution in [1.29, 1.82) is 0 Å². The summed E-state index contributed by atoms with van der Waals surface area (Å²) in [7, 11) is 0. The summed E-state index contributed by atoms with van der Waals surface area (Å²) in [6, 6.07) is -0.425. The quantitative estimate of drug-likeness (QED) is 0.712. The van der Waals surface area contributed by atoms with E-state index in [2.05, 4.69) is 15.6 Å². The van der Waals surface area contributed by atoms with E-state index in [1.165, 1.54) is 28.0 Å². The number of hydrogen-bond donors (Lipinski definition) is 2. The van der Waals surface area contributed by atoms with Gasteiger partial charge >= 0.3 is 6.03 Å². The predicted octanol–water partition coefficient (Wildman–Crippen LogP) is 0.201. The van der Waals surface area contributed by atoms with Crippen molar-refractivity contribution in [2.75, 3.05) is 13.2 Å². The van der Waals surface area contributed by atoms with Gasteiger partial charge in [0.25, 0.3) is 5.24 Å². The molecule has 0 aromatic heterocycles. The van der Waals surface area contributed by atoms with Crippen molar-refractivity contribution in [2.45, 2.75) is 5.37 Å². The minimum absolute atomic E-state index is 0.128. The highest BCUT2D eigenvalue weighted by atomic mass is 32.2. The van der Waals surface area contributed by atoms with E-state index in [1.54, 1.807) is 0 Å². The SMILES string of the molecule is O=C1[CH]SC(=O)N(C2CNC(=O)N=CS2)CN1. The Balaban J connectivity index is 2.04. The van der Waals surface area contributed by atoms with E-state index in [0.717, 1.165) is 11.8 Å². The Morgan fingerprint density at radius 2 is 2.18 bits per heavy atom. The lowest BCUT2D eigenvalue weighted by atomic mass is 10.5. The standard InChI is InChI=1S/C8H9N4O3S2/c13-5-2-16-8(15)12(3-10-5)6-1-9-7(14)11-4-17-6/h2,4,6H,1,3H2,(H,9,14)(H,10,13). The van der Waals surface area contributed by atoms with Crippen molar-refractivity contribution >= 4 is 46.2 Å². The Labute approximate surface area is 106 Å². The number of nitrogens with one attached hydrogen (secondary N) is 2. The Morgan fingerprint density at radius 1 is 1.35 bits per heavy atom. The third kappa shape index (κ3) is 3.13. The van der Waals surface area contributed by atoms with Gasteiger partial charge in [0.05, 0.1) is 12.2 Å². The van der Waals surface area contributed by atoms with Crippen LogP contribution in [0, 0.1) is 5.75 Å². The molecule has 7 nitrogen and oxygen atoms in total. The van der Waals surface area contributed by atoms with Crippen LogP contribution in [-0.2, 0) is 4.79 Å². The van der Waals surface area contributed by atoms with Gasteiger partial charge in [0.1, 0.15) is 11.1 Å². The molecule has 2 N–H and O–H groups in total. The maximum absolute atomic E-state index is 11.7. The number of nitrogens with zero attached hydrogens (tertiary/aromatic N) is 2. The highest BCUT2D eigenvalue weighted by Crippen LogP contribution is 2.22. The van der Waals surface area contributed by atoms with Crippen molar-refractivity contribution in [1.82, 2.24) is 15.5 Å². The van der Waals surface area contributed by atoms with Crippen LogP contribution in [0.5, 0.6) is 0 Å². The molecule has 9 heteroatoms. The largest absolute Gasteiger partial charge is 0.341 e. The molecule has 1 radical (unpaired) electrons. The van der Waals surface area contributed by atoms with Crippen molar-refractivity contribution < 1.29 is 14.4 Å². The molecule has 17 heavy (non-hydrogen) atoms. The second-order valence-electron chi connectivity index (χ2n) is 3.18. The van der Waals surface area contributed by atoms with Gasteiger partial charge in [0.15, 0.2) is 0 Å². The molecule has 0 aromatic rings. The molecule has 0 aliphatic carbocycles. The summed E-state index contributed by atoms with van der Waals surface area (Å²) < 4.78 is 0. The van der Waals surface area contributed by atoms with Gasteiger partial charge in [-0.15, -0.1) is 0 Å². The minimum atomic E-state index is -0.425. The Kier molecular flexibility index (Phi) is 3.89. The lowest BCUT2D eigenvalue weighted by Crippen LogP contribution is -2.46. The summed E-state index contributed by atoms with van der Waals surface area (Å²) >= 11 is 2.10. The van der Waals surface area contributed by atoms with E-state index < -0.39 is 6.03 Å². The van der Waals surface area contributed by atoms with Gasteiger partial charge in [0.2, 0.25) is 5.91 Å². The second-order valence-corrected chi connectivity index (χ2v) is 5.03. The summed E-state index contributed by atoms with van der Waals surface area (Å²) in [6.07, 6.45) is 0. The molecule has 0 aromatic carbocycles. The van der Waals surface area contributed by atoms with Crippen LogP contribution in [0.25, 0.3) is 0 Å². The van der Waals surface area contributed by atoms with E-state index >= 15 is 0 Å². The maximum Gasteiger partial charge on any atom is 0.341 e. The van der Waals surface area contributed by atoms with Crippen LogP contribution in [0.15, 0.2) is 4.99 Å². The van der Waals surface area contributed by atoms with Gasteiger partial charge in [-0.2, -0.15) is 4.99 Å². The summed E-state index contributed by atoms with van der Waals surface area (Å²) in [4.78, 5) is 38.9. The lowest BCUT2D eigenvalue weighted by Gasteiger charge is -2.27. The van der Waals surface area contributed by atoms with Crippen LogP contribution in [0.3, 0.4) is 0 Å². The number of urea groups is 1. The monoisotopic (exact) mass is 273 g/mol. The van der Waals surface area contributed by atoms with E-state index in [4.69, 9.17) is 0 Å². The van der Waals surface area contributed by atoms with Gasteiger partial charge in [-0.3, -0.25) is 9.59 Å². The zero-order valence-corrected chi connectivity index (χ0v) is 10.2. The van der Waals surface area contributed by atoms with Crippen LogP contribution >= 0.6 is 23.5 Å². The minimum Gasteiger partial charge on any atom is -0.337 e. The first-order valence-electron chi connectivity index (χ1n) is 4.71. The smallest absolute Gasteiger partial charge is 0.337 e. The van der Waals surface area contributed by atoms with Crippen molar-refractivity contribution in [2.24, 2.45) is 4.99 Å². The Morgan fingerprint density at radius 3 is 3.00 bits per heavy atom. The third-order valence-corrected chi connectivity index (χ3v) is 3.82. The van der Waals surface area contributed by atoms with Crippen LogP contribution in [-0.4, -0.2) is 46.2 Å². The average molecular weight is 273 g/mol. The number of aliphatic imine (C=N–C) groups is 1. The third-order valence-electron chi connectivity index (χ3n) is 2.09. The predicted molar refractivity (Wildman–Crippen MR) is 65.4 cm³/mol. The molecular formula is C8H9N4O3S2. The molecule has 2 rings (SSSR count). The van der Waals surface area contributed by atoms with Crippen molar-refractivity contribution in [3.8, 4) is 0 Å². The van der Waals surface area contributed by atoms with Crippen LogP contribution in [0.1, 0.15) is 0 Å². The van der Waals surface area contributed by atoms with Crippen molar-refractivity contribution in [3.63, 3.8) is 0 Å². The fraction of sp³-hybridized carbons (Fsp3) is 0.375. The van der Waals surface area contributed by atoms with Gasteiger partial charge in [-0.1, -0.05) is 11.8 Å². The Hall–Kier alpha value is -1.22. The van der Waals surface area contributed by atoms with Crippen LogP contribution in [0.4, 0.5) is 9.59 Å². The van der Waals surface area contributed by atoms with E-state index in [9.17, 15) is 14.4 Å². The Bertz CT molecular complexity index is 387. The zero-order chi connectivity index (χ0) is 12.3. The number of carbonyl (C=O) groups excluding carboxylic acids is 3. The molecule has 2 aliphatic rings. The molecule has 0 bridgehead atoms. The molecule has 4 amide bonds. The molecule has 0 spiro atoms. The number of rotatable bonds is 1. The number of carbonyl (C=O) groups is 3. The van der Waals surface area contributed by atoms with Gasteiger partial charge in [0, 0.05) is 6.54 Å². The molecule has 1 fully saturated rings. The average Bonchev–Trinajstić information content (AvgIpc) is 2.60. The molecule has 2 aliphatic heterocycles. The van der Waals surface area contributed by atoms with Gasteiger partial charge in [-0.25, -0.2) is 4.79 Å². The summed E-state index contributed by atoms with van der Waals surface area (Å²) in [5.74, 6) is 0.943. The molecule has 2 heterocycles. The molecule has 0 saturated carbocycles. The highest BCUT2D eigenvalue weighted by molar-refractivity contribution is 8.16. The van der Waals surface area contributed by atoms with E-state index in [1.807, 2.05) is 0 Å². The summed E-state index contributed by atoms with van der Waals surface area (Å²) in [5, 5.41) is 4.64. The first-order chi connectivity index (χ1) is 8.16. The van der Waals surface area contributed by atoms with E-state index in [-0.39, 0.29) is 23.2 Å². The van der Waals surface area contributed by atoms with Gasteiger partial charge in [-0.05, 0) is 11.8 Å². The number of hydrogen-bond acceptors (Lipinski definition) is 5. The fourth-order valence-electron chi connectivity index (χ4n) is 1.26. The lowest BCUT2D eigenvalue weighted by molar-refractivity contribution is -0.117. The maximum atomic E-state index is 11.7. The number of thioether (sulfide) groups is 2. The van der Waals surface area contributed by atoms with Crippen LogP contribution in [0.2, 0.25) is 0 Å². The topological polar surface area (TPSA) is 90.9 Å². The van der Waals surface area contributed by atoms with E-state index in [0.29, 0.717) is 6.54 Å². The number of amides is 4. The zero-order valence-electron chi connectivity index (χ0n) is 8.58. The summed E-state index contributed by atoms with van der Waals surface area (Å²) in [6.45, 7) is 0.425. The van der Waals surface area contributed by atoms with Crippen molar-refractivity contribution in [3.05, 3.63) is 5.75 Å². The molecular weight excluding hydrogens is 264 g/mol. The molecule has 1 unspecified atom stereocenters. The van der Waals surface area contributed by atoms with Crippen LogP contribution < -0.4 is 10.6 Å². The highest BCUT2D eigenvalue weighted by Gasteiger charge is 2.29. The molecule has 91 valence electrons.